The number of nitrogen functional groups attached to an aromatic ring is 1. The minimum Gasteiger partial charge on any atom is -0.399 e. The molecule has 1 aliphatic rings. The molecule has 116 valence electrons. The second-order valence-corrected chi connectivity index (χ2v) is 5.47. The average molecular weight is 295 g/mol. The summed E-state index contributed by atoms with van der Waals surface area (Å²) in [6, 6.07) is 3.64. The molecule has 1 aliphatic heterocycles. The molecule has 1 fully saturated rings. The van der Waals surface area contributed by atoms with Crippen molar-refractivity contribution >= 4 is 17.3 Å². The number of halogens is 1. The first-order valence-corrected chi connectivity index (χ1v) is 7.25. The van der Waals surface area contributed by atoms with Crippen LogP contribution in [0.25, 0.3) is 0 Å². The number of nitrogens with two attached hydrogens (primary N) is 1. The maximum atomic E-state index is 13.7. The van der Waals surface area contributed by atoms with Crippen LogP contribution in [0, 0.1) is 5.82 Å². The van der Waals surface area contributed by atoms with E-state index in [1.54, 1.807) is 6.92 Å². The van der Waals surface area contributed by atoms with E-state index in [0.717, 1.165) is 25.8 Å². The van der Waals surface area contributed by atoms with Crippen molar-refractivity contribution in [2.24, 2.45) is 0 Å². The molecule has 0 aromatic heterocycles. The molecule has 1 aromatic carbocycles. The highest BCUT2D eigenvalue weighted by Crippen LogP contribution is 2.22. The summed E-state index contributed by atoms with van der Waals surface area (Å²) in [5.74, 6) is -0.804. The number of piperidine rings is 1. The van der Waals surface area contributed by atoms with E-state index < -0.39 is 11.9 Å². The molecular formula is C15H22FN3O2. The Balaban J connectivity index is 2.06. The molecule has 0 aliphatic carbocycles. The van der Waals surface area contributed by atoms with Gasteiger partial charge in [0.15, 0.2) is 0 Å². The summed E-state index contributed by atoms with van der Waals surface area (Å²) in [4.78, 5) is 14.3. The van der Waals surface area contributed by atoms with Crippen molar-refractivity contribution in [3.8, 4) is 0 Å². The molecule has 2 atom stereocenters. The fourth-order valence-electron chi connectivity index (χ4n) is 2.76. The van der Waals surface area contributed by atoms with Gasteiger partial charge >= 0.3 is 0 Å². The quantitative estimate of drug-likeness (QED) is 0.737. The zero-order chi connectivity index (χ0) is 15.4. The molecule has 1 aromatic rings. The number of benzene rings is 1. The van der Waals surface area contributed by atoms with Gasteiger partial charge in [-0.05, 0) is 44.5 Å². The minimum atomic E-state index is -0.512. The first-order valence-electron chi connectivity index (χ1n) is 7.25. The fraction of sp³-hybridized carbons (Fsp3) is 0.533. The van der Waals surface area contributed by atoms with Crippen LogP contribution in [-0.4, -0.2) is 41.1 Å². The lowest BCUT2D eigenvalue weighted by atomic mass is 10.0. The van der Waals surface area contributed by atoms with Crippen LogP contribution in [0.5, 0.6) is 0 Å². The summed E-state index contributed by atoms with van der Waals surface area (Å²) >= 11 is 0. The number of carbonyl (C=O) groups is 1. The Labute approximate surface area is 123 Å². The Morgan fingerprint density at radius 3 is 3.05 bits per heavy atom. The fourth-order valence-corrected chi connectivity index (χ4v) is 2.76. The van der Waals surface area contributed by atoms with Crippen LogP contribution in [0.15, 0.2) is 18.2 Å². The van der Waals surface area contributed by atoms with Crippen molar-refractivity contribution in [3.63, 3.8) is 0 Å². The summed E-state index contributed by atoms with van der Waals surface area (Å²) < 4.78 is 13.7. The van der Waals surface area contributed by atoms with E-state index in [4.69, 9.17) is 5.73 Å². The lowest BCUT2D eigenvalue weighted by Gasteiger charge is -2.38. The van der Waals surface area contributed by atoms with Crippen LogP contribution in [0.3, 0.4) is 0 Å². The molecule has 0 spiro atoms. The van der Waals surface area contributed by atoms with Crippen LogP contribution in [0.4, 0.5) is 15.8 Å². The Hall–Kier alpha value is -1.66. The zero-order valence-corrected chi connectivity index (χ0v) is 12.2. The zero-order valence-electron chi connectivity index (χ0n) is 12.2. The number of hydrogen-bond donors (Lipinski definition) is 3. The van der Waals surface area contributed by atoms with Crippen molar-refractivity contribution in [2.45, 2.75) is 38.3 Å². The van der Waals surface area contributed by atoms with Gasteiger partial charge < -0.3 is 16.2 Å². The third-order valence-electron chi connectivity index (χ3n) is 4.01. The number of hydrogen-bond acceptors (Lipinski definition) is 4. The number of aliphatic hydroxyl groups is 1. The second-order valence-electron chi connectivity index (χ2n) is 5.47. The van der Waals surface area contributed by atoms with Crippen LogP contribution in [-0.2, 0) is 4.79 Å². The highest BCUT2D eigenvalue weighted by atomic mass is 19.1. The highest BCUT2D eigenvalue weighted by molar-refractivity contribution is 5.95. The molecule has 0 radical (unpaired) electrons. The van der Waals surface area contributed by atoms with Crippen molar-refractivity contribution in [1.29, 1.82) is 0 Å². The first-order chi connectivity index (χ1) is 10.0. The molecule has 21 heavy (non-hydrogen) atoms. The Morgan fingerprint density at radius 2 is 2.33 bits per heavy atom. The number of aliphatic hydroxyl groups excluding tert-OH is 1. The van der Waals surface area contributed by atoms with Gasteiger partial charge in [0.25, 0.3) is 0 Å². The molecule has 1 amide bonds. The molecule has 6 heteroatoms. The van der Waals surface area contributed by atoms with Gasteiger partial charge in [-0.25, -0.2) is 4.39 Å². The summed E-state index contributed by atoms with van der Waals surface area (Å²) in [6.45, 7) is 2.57. The lowest BCUT2D eigenvalue weighted by molar-refractivity contribution is -0.122. The van der Waals surface area contributed by atoms with Gasteiger partial charge in [0.05, 0.1) is 18.3 Å². The second kappa shape index (κ2) is 6.87. The summed E-state index contributed by atoms with van der Waals surface area (Å²) in [7, 11) is 0. The van der Waals surface area contributed by atoms with Crippen LogP contribution in [0.1, 0.15) is 26.2 Å². The number of nitrogens with one attached hydrogen (secondary N) is 1. The predicted octanol–water partition coefficient (Wildman–Crippen LogP) is 1.58. The highest BCUT2D eigenvalue weighted by Gasteiger charge is 2.30. The Bertz CT molecular complexity index is 510. The maximum Gasteiger partial charge on any atom is 0.241 e. The number of amides is 1. The standard InChI is InChI=1S/C15H22FN3O2/c1-10(19-7-3-2-4-12(19)9-20)15(21)18-14-8-11(17)5-6-13(14)16/h5-6,8,10,12,20H,2-4,7,9,17H2,1H3,(H,18,21). The maximum absolute atomic E-state index is 13.7. The van der Waals surface area contributed by atoms with Crippen LogP contribution in [0.2, 0.25) is 0 Å². The van der Waals surface area contributed by atoms with Crippen molar-refractivity contribution in [1.82, 2.24) is 4.90 Å². The molecule has 1 heterocycles. The Morgan fingerprint density at radius 1 is 1.57 bits per heavy atom. The summed E-state index contributed by atoms with van der Waals surface area (Å²) in [6.07, 6.45) is 2.93. The topological polar surface area (TPSA) is 78.6 Å². The number of likely N-dealkylation sites (tertiary alicyclic amines) is 1. The van der Waals surface area contributed by atoms with E-state index in [0.29, 0.717) is 5.69 Å². The number of rotatable bonds is 4. The predicted molar refractivity (Wildman–Crippen MR) is 80.3 cm³/mol. The summed E-state index contributed by atoms with van der Waals surface area (Å²) in [5.41, 5.74) is 6.09. The molecule has 5 nitrogen and oxygen atoms in total. The molecule has 1 saturated heterocycles. The smallest absolute Gasteiger partial charge is 0.241 e. The summed E-state index contributed by atoms with van der Waals surface area (Å²) in [5, 5.41) is 12.0. The average Bonchev–Trinajstić information content (AvgIpc) is 2.50. The minimum absolute atomic E-state index is 0.00908. The van der Waals surface area contributed by atoms with Gasteiger partial charge in [-0.2, -0.15) is 0 Å². The van der Waals surface area contributed by atoms with E-state index in [1.165, 1.54) is 18.2 Å². The van der Waals surface area contributed by atoms with E-state index in [2.05, 4.69) is 5.32 Å². The van der Waals surface area contributed by atoms with Gasteiger partial charge in [-0.1, -0.05) is 6.42 Å². The monoisotopic (exact) mass is 295 g/mol. The molecule has 4 N–H and O–H groups in total. The molecule has 0 bridgehead atoms. The normalized spacial score (nSPS) is 21.0. The lowest BCUT2D eigenvalue weighted by Crippen LogP contribution is -2.51. The SMILES string of the molecule is CC(C(=O)Nc1cc(N)ccc1F)N1CCCCC1CO. The van der Waals surface area contributed by atoms with Crippen LogP contribution < -0.4 is 11.1 Å². The number of nitrogens with zero attached hydrogens (tertiary/aromatic N) is 1. The Kier molecular flexibility index (Phi) is 5.14. The third kappa shape index (κ3) is 3.71. The first kappa shape index (κ1) is 15.7. The van der Waals surface area contributed by atoms with Crippen LogP contribution >= 0.6 is 0 Å². The van der Waals surface area contributed by atoms with Gasteiger partial charge in [-0.15, -0.1) is 0 Å². The molecule has 2 unspecified atom stereocenters. The van der Waals surface area contributed by atoms with Gasteiger partial charge in [0.1, 0.15) is 5.82 Å². The van der Waals surface area contributed by atoms with Crippen molar-refractivity contribution < 1.29 is 14.3 Å². The number of carbonyl (C=O) groups excluding carboxylic acids is 1. The van der Waals surface area contributed by atoms with Gasteiger partial charge in [-0.3, -0.25) is 9.69 Å². The third-order valence-corrected chi connectivity index (χ3v) is 4.01. The van der Waals surface area contributed by atoms with E-state index >= 15 is 0 Å². The van der Waals surface area contributed by atoms with E-state index in [1.807, 2.05) is 4.90 Å². The van der Waals surface area contributed by atoms with E-state index in [9.17, 15) is 14.3 Å². The van der Waals surface area contributed by atoms with Crippen molar-refractivity contribution in [2.75, 3.05) is 24.2 Å². The molecule has 0 saturated carbocycles. The molecular weight excluding hydrogens is 273 g/mol. The van der Waals surface area contributed by atoms with Gasteiger partial charge in [0.2, 0.25) is 5.91 Å². The molecule has 2 rings (SSSR count). The van der Waals surface area contributed by atoms with Crippen molar-refractivity contribution in [3.05, 3.63) is 24.0 Å². The van der Waals surface area contributed by atoms with E-state index in [-0.39, 0.29) is 24.2 Å². The van der Waals surface area contributed by atoms with Gasteiger partial charge in [0, 0.05) is 11.7 Å². The largest absolute Gasteiger partial charge is 0.399 e. The number of anilines is 2.